The van der Waals surface area contributed by atoms with E-state index < -0.39 is 10.8 Å². The second-order valence-corrected chi connectivity index (χ2v) is 7.83. The first-order valence-corrected chi connectivity index (χ1v) is 9.96. The molecule has 1 fully saturated rings. The molecule has 0 radical (unpaired) electrons. The summed E-state index contributed by atoms with van der Waals surface area (Å²) in [5, 5.41) is 14.5. The third kappa shape index (κ3) is 6.71. The molecule has 1 aromatic carbocycles. The first kappa shape index (κ1) is 18.5. The Morgan fingerprint density at radius 3 is 2.54 bits per heavy atom. The lowest BCUT2D eigenvalue weighted by Crippen LogP contribution is -2.40. The van der Waals surface area contributed by atoms with Gasteiger partial charge < -0.3 is 10.6 Å². The van der Waals surface area contributed by atoms with Gasteiger partial charge in [0.05, 0.1) is 6.07 Å². The van der Waals surface area contributed by atoms with E-state index in [1.165, 1.54) is 0 Å². The van der Waals surface area contributed by atoms with E-state index in [4.69, 9.17) is 5.26 Å². The van der Waals surface area contributed by atoms with E-state index >= 15 is 0 Å². The summed E-state index contributed by atoms with van der Waals surface area (Å²) in [5.74, 6) is 1.63. The average Bonchev–Trinajstić information content (AvgIpc) is 2.61. The number of urea groups is 1. The summed E-state index contributed by atoms with van der Waals surface area (Å²) < 4.78 is 12.0. The van der Waals surface area contributed by atoms with Gasteiger partial charge in [-0.3, -0.25) is 4.21 Å². The quantitative estimate of drug-likeness (QED) is 0.795. The number of carbonyl (C=O) groups is 1. The first-order chi connectivity index (χ1) is 11.7. The molecule has 1 aliphatic rings. The molecule has 0 unspecified atom stereocenters. The zero-order valence-corrected chi connectivity index (χ0v) is 14.7. The van der Waals surface area contributed by atoms with E-state index in [9.17, 15) is 9.00 Å². The maximum absolute atomic E-state index is 12.0. The topological polar surface area (TPSA) is 82.0 Å². The summed E-state index contributed by atoms with van der Waals surface area (Å²) in [6, 6.07) is 11.8. The van der Waals surface area contributed by atoms with E-state index in [2.05, 4.69) is 16.7 Å². The summed E-state index contributed by atoms with van der Waals surface area (Å²) in [6.07, 6.45) is 3.87. The van der Waals surface area contributed by atoms with Crippen LogP contribution in [0.25, 0.3) is 0 Å². The van der Waals surface area contributed by atoms with Crippen molar-refractivity contribution in [3.05, 3.63) is 35.9 Å². The highest BCUT2D eigenvalue weighted by molar-refractivity contribution is 7.84. The molecule has 0 saturated heterocycles. The van der Waals surface area contributed by atoms with Gasteiger partial charge in [-0.25, -0.2) is 4.79 Å². The van der Waals surface area contributed by atoms with Crippen molar-refractivity contribution in [2.45, 2.75) is 31.4 Å². The van der Waals surface area contributed by atoms with Gasteiger partial charge in [0.25, 0.3) is 0 Å². The molecule has 2 N–H and O–H groups in total. The Bertz CT molecular complexity index is 578. The highest BCUT2D eigenvalue weighted by atomic mass is 32.2. The lowest BCUT2D eigenvalue weighted by molar-refractivity contribution is 0.235. The largest absolute Gasteiger partial charge is 0.338 e. The summed E-state index contributed by atoms with van der Waals surface area (Å²) in [5.41, 5.74) is 1.05. The lowest BCUT2D eigenvalue weighted by atomic mass is 9.83. The number of nitrogens with one attached hydrogen (secondary N) is 2. The highest BCUT2D eigenvalue weighted by Gasteiger charge is 2.21. The SMILES string of the molecule is N#CC1CCC(CNC(=O)NCC[S@@](=O)Cc2ccccc2)CC1. The van der Waals surface area contributed by atoms with Crippen molar-refractivity contribution >= 4 is 16.8 Å². The van der Waals surface area contributed by atoms with Gasteiger partial charge in [-0.2, -0.15) is 5.26 Å². The standard InChI is InChI=1S/C18H25N3O2S/c19-12-15-6-8-16(9-7-15)13-21-18(22)20-10-11-24(23)14-17-4-2-1-3-5-17/h1-5,15-16H,6-11,13-14H2,(H2,20,21,22)/t15?,16?,24-/m1/s1. The Hall–Kier alpha value is -1.87. The average molecular weight is 347 g/mol. The van der Waals surface area contributed by atoms with Gasteiger partial charge in [0.1, 0.15) is 0 Å². The monoisotopic (exact) mass is 347 g/mol. The molecule has 0 heterocycles. The van der Waals surface area contributed by atoms with E-state index in [1.54, 1.807) is 0 Å². The Labute approximate surface area is 146 Å². The van der Waals surface area contributed by atoms with Crippen LogP contribution >= 0.6 is 0 Å². The molecule has 1 aliphatic carbocycles. The van der Waals surface area contributed by atoms with E-state index in [1.807, 2.05) is 30.3 Å². The molecule has 2 amide bonds. The van der Waals surface area contributed by atoms with Crippen LogP contribution in [0, 0.1) is 23.2 Å². The molecular weight excluding hydrogens is 322 g/mol. The number of amides is 2. The molecule has 6 heteroatoms. The molecule has 24 heavy (non-hydrogen) atoms. The van der Waals surface area contributed by atoms with Crippen LogP contribution in [0.5, 0.6) is 0 Å². The molecule has 0 spiro atoms. The fourth-order valence-corrected chi connectivity index (χ4v) is 3.94. The molecule has 0 aliphatic heterocycles. The Balaban J connectivity index is 1.55. The van der Waals surface area contributed by atoms with Crippen molar-refractivity contribution in [1.29, 1.82) is 5.26 Å². The zero-order valence-electron chi connectivity index (χ0n) is 13.9. The van der Waals surface area contributed by atoms with Crippen molar-refractivity contribution in [2.24, 2.45) is 11.8 Å². The lowest BCUT2D eigenvalue weighted by Gasteiger charge is -2.24. The second-order valence-electron chi connectivity index (χ2n) is 6.26. The Morgan fingerprint density at radius 1 is 1.17 bits per heavy atom. The smallest absolute Gasteiger partial charge is 0.314 e. The molecule has 0 aromatic heterocycles. The van der Waals surface area contributed by atoms with Crippen molar-refractivity contribution in [1.82, 2.24) is 10.6 Å². The normalized spacial score (nSPS) is 21.5. The summed E-state index contributed by atoms with van der Waals surface area (Å²) >= 11 is 0. The molecule has 5 nitrogen and oxygen atoms in total. The van der Waals surface area contributed by atoms with Gasteiger partial charge >= 0.3 is 6.03 Å². The number of rotatable bonds is 7. The number of hydrogen-bond acceptors (Lipinski definition) is 3. The molecule has 2 rings (SSSR count). The van der Waals surface area contributed by atoms with Gasteiger partial charge in [0.15, 0.2) is 0 Å². The van der Waals surface area contributed by atoms with Crippen molar-refractivity contribution in [2.75, 3.05) is 18.8 Å². The van der Waals surface area contributed by atoms with Crippen LogP contribution in [0.3, 0.4) is 0 Å². The van der Waals surface area contributed by atoms with Crippen LogP contribution in [-0.2, 0) is 16.6 Å². The minimum Gasteiger partial charge on any atom is -0.338 e. The second kappa shape index (κ2) is 10.1. The Kier molecular flexibility index (Phi) is 7.76. The molecule has 1 saturated carbocycles. The highest BCUT2D eigenvalue weighted by Crippen LogP contribution is 2.27. The van der Waals surface area contributed by atoms with Crippen molar-refractivity contribution in [3.8, 4) is 6.07 Å². The third-order valence-corrected chi connectivity index (χ3v) is 5.68. The van der Waals surface area contributed by atoms with E-state index in [0.717, 1.165) is 31.2 Å². The predicted octanol–water partition coefficient (Wildman–Crippen LogP) is 2.56. The minimum absolute atomic E-state index is 0.190. The van der Waals surface area contributed by atoms with E-state index in [0.29, 0.717) is 30.5 Å². The predicted molar refractivity (Wildman–Crippen MR) is 95.6 cm³/mol. The summed E-state index contributed by atoms with van der Waals surface area (Å²) in [7, 11) is -0.974. The molecule has 130 valence electrons. The third-order valence-electron chi connectivity index (χ3n) is 4.37. The number of benzene rings is 1. The number of nitriles is 1. The molecular formula is C18H25N3O2S. The summed E-state index contributed by atoms with van der Waals surface area (Å²) in [4.78, 5) is 11.8. The minimum atomic E-state index is -0.974. The fourth-order valence-electron chi connectivity index (χ4n) is 2.91. The van der Waals surface area contributed by atoms with Gasteiger partial charge in [0.2, 0.25) is 0 Å². The molecule has 1 atom stereocenters. The van der Waals surface area contributed by atoms with Crippen molar-refractivity contribution < 1.29 is 9.00 Å². The van der Waals surface area contributed by atoms with Crippen molar-refractivity contribution in [3.63, 3.8) is 0 Å². The van der Waals surface area contributed by atoms with Crippen LogP contribution in [-0.4, -0.2) is 29.1 Å². The number of hydrogen-bond donors (Lipinski definition) is 2. The maximum Gasteiger partial charge on any atom is 0.314 e. The van der Waals surface area contributed by atoms with Gasteiger partial charge in [-0.1, -0.05) is 30.3 Å². The van der Waals surface area contributed by atoms with E-state index in [-0.39, 0.29) is 11.9 Å². The van der Waals surface area contributed by atoms with Gasteiger partial charge in [0, 0.05) is 41.3 Å². The van der Waals surface area contributed by atoms with Crippen LogP contribution in [0.2, 0.25) is 0 Å². The summed E-state index contributed by atoms with van der Waals surface area (Å²) in [6.45, 7) is 1.06. The molecule has 0 bridgehead atoms. The maximum atomic E-state index is 12.0. The van der Waals surface area contributed by atoms with Crippen LogP contribution in [0.1, 0.15) is 31.2 Å². The van der Waals surface area contributed by atoms with Crippen LogP contribution in [0.15, 0.2) is 30.3 Å². The fraction of sp³-hybridized carbons (Fsp3) is 0.556. The van der Waals surface area contributed by atoms with Gasteiger partial charge in [-0.15, -0.1) is 0 Å². The number of nitrogens with zero attached hydrogens (tertiary/aromatic N) is 1. The zero-order chi connectivity index (χ0) is 17.2. The van der Waals surface area contributed by atoms with Crippen LogP contribution in [0.4, 0.5) is 4.79 Å². The first-order valence-electron chi connectivity index (χ1n) is 8.47. The Morgan fingerprint density at radius 2 is 1.88 bits per heavy atom. The number of carbonyl (C=O) groups excluding carboxylic acids is 1. The van der Waals surface area contributed by atoms with Crippen LogP contribution < -0.4 is 10.6 Å². The molecule has 1 aromatic rings. The van der Waals surface area contributed by atoms with Gasteiger partial charge in [-0.05, 0) is 37.2 Å².